The normalized spacial score (nSPS) is 20.2. The van der Waals surface area contributed by atoms with Crippen LogP contribution in [-0.4, -0.2) is 13.1 Å². The lowest BCUT2D eigenvalue weighted by atomic mass is 9.69. The van der Waals surface area contributed by atoms with Gasteiger partial charge in [0.1, 0.15) is 11.6 Å². The summed E-state index contributed by atoms with van der Waals surface area (Å²) < 4.78 is 26.5. The first-order valence-corrected chi connectivity index (χ1v) is 7.16. The van der Waals surface area contributed by atoms with Crippen LogP contribution >= 0.6 is 0 Å². The van der Waals surface area contributed by atoms with E-state index in [1.54, 1.807) is 0 Å². The molecule has 1 fully saturated rings. The summed E-state index contributed by atoms with van der Waals surface area (Å²) in [5.41, 5.74) is 0.971. The molecule has 0 heterocycles. The molecule has 1 aliphatic rings. The van der Waals surface area contributed by atoms with Gasteiger partial charge in [0, 0.05) is 12.1 Å². The summed E-state index contributed by atoms with van der Waals surface area (Å²) in [6, 6.07) is 4.09. The third kappa shape index (κ3) is 3.53. The number of rotatable bonds is 4. The predicted octanol–water partition coefficient (Wildman–Crippen LogP) is 4.07. The first-order chi connectivity index (χ1) is 9.03. The Bertz CT molecular complexity index is 405. The number of hydrogen-bond donors (Lipinski definition) is 1. The molecular formula is C16H23F2N. The van der Waals surface area contributed by atoms with Crippen molar-refractivity contribution in [1.82, 2.24) is 5.32 Å². The highest BCUT2D eigenvalue weighted by Gasteiger charge is 2.34. The van der Waals surface area contributed by atoms with Crippen molar-refractivity contribution in [3.8, 4) is 0 Å². The molecule has 1 aromatic carbocycles. The van der Waals surface area contributed by atoms with Gasteiger partial charge >= 0.3 is 0 Å². The van der Waals surface area contributed by atoms with Crippen molar-refractivity contribution < 1.29 is 8.78 Å². The summed E-state index contributed by atoms with van der Waals surface area (Å²) in [5, 5.41) is 3.35. The van der Waals surface area contributed by atoms with Gasteiger partial charge in [-0.3, -0.25) is 0 Å². The fraction of sp³-hybridized carbons (Fsp3) is 0.625. The van der Waals surface area contributed by atoms with Gasteiger partial charge in [0.25, 0.3) is 0 Å². The fourth-order valence-electron chi connectivity index (χ4n) is 3.37. The number of halogens is 2. The average molecular weight is 267 g/mol. The molecule has 0 saturated heterocycles. The summed E-state index contributed by atoms with van der Waals surface area (Å²) in [7, 11) is 1.94. The number of benzene rings is 1. The second-order valence-corrected chi connectivity index (χ2v) is 6.04. The van der Waals surface area contributed by atoms with Gasteiger partial charge in [-0.1, -0.05) is 26.2 Å². The van der Waals surface area contributed by atoms with Gasteiger partial charge in [0.05, 0.1) is 0 Å². The molecule has 2 rings (SSSR count). The van der Waals surface area contributed by atoms with E-state index in [4.69, 9.17) is 0 Å². The van der Waals surface area contributed by atoms with Crippen molar-refractivity contribution in [2.24, 2.45) is 5.41 Å². The maximum Gasteiger partial charge on any atom is 0.126 e. The fourth-order valence-corrected chi connectivity index (χ4v) is 3.37. The lowest BCUT2D eigenvalue weighted by molar-refractivity contribution is 0.149. The minimum absolute atomic E-state index is 0.232. The average Bonchev–Trinajstić information content (AvgIpc) is 2.35. The molecule has 1 saturated carbocycles. The Balaban J connectivity index is 2.13. The molecular weight excluding hydrogens is 244 g/mol. The Labute approximate surface area is 114 Å². The maximum atomic E-state index is 13.3. The van der Waals surface area contributed by atoms with E-state index >= 15 is 0 Å². The molecule has 1 aromatic rings. The van der Waals surface area contributed by atoms with Crippen molar-refractivity contribution in [2.75, 3.05) is 7.05 Å². The van der Waals surface area contributed by atoms with Crippen LogP contribution in [0.5, 0.6) is 0 Å². The highest BCUT2D eigenvalue weighted by molar-refractivity contribution is 5.19. The molecule has 1 unspecified atom stereocenters. The van der Waals surface area contributed by atoms with Gasteiger partial charge < -0.3 is 5.32 Å². The van der Waals surface area contributed by atoms with Crippen molar-refractivity contribution in [1.29, 1.82) is 0 Å². The van der Waals surface area contributed by atoms with Crippen LogP contribution in [0.1, 0.15) is 44.6 Å². The monoisotopic (exact) mass is 267 g/mol. The van der Waals surface area contributed by atoms with Crippen molar-refractivity contribution >= 4 is 0 Å². The van der Waals surface area contributed by atoms with E-state index in [9.17, 15) is 8.78 Å². The van der Waals surface area contributed by atoms with E-state index in [1.807, 2.05) is 7.05 Å². The smallest absolute Gasteiger partial charge is 0.126 e. The SMILES string of the molecule is CNC(Cc1cc(F)cc(F)c1)C1(C)CCCCC1. The minimum atomic E-state index is -0.487. The molecule has 0 bridgehead atoms. The van der Waals surface area contributed by atoms with Gasteiger partial charge in [0.15, 0.2) is 0 Å². The molecule has 0 radical (unpaired) electrons. The number of hydrogen-bond acceptors (Lipinski definition) is 1. The second kappa shape index (κ2) is 6.00. The van der Waals surface area contributed by atoms with Gasteiger partial charge in [-0.05, 0) is 49.4 Å². The van der Waals surface area contributed by atoms with Crippen LogP contribution in [-0.2, 0) is 6.42 Å². The Morgan fingerprint density at radius 2 is 1.68 bits per heavy atom. The Morgan fingerprint density at radius 1 is 1.11 bits per heavy atom. The maximum absolute atomic E-state index is 13.3. The molecule has 0 aliphatic heterocycles. The molecule has 106 valence electrons. The Kier molecular flexibility index (Phi) is 4.56. The summed E-state index contributed by atoms with van der Waals surface area (Å²) in [4.78, 5) is 0. The van der Waals surface area contributed by atoms with Gasteiger partial charge in [-0.15, -0.1) is 0 Å². The molecule has 1 atom stereocenters. The predicted molar refractivity (Wildman–Crippen MR) is 74.1 cm³/mol. The quantitative estimate of drug-likeness (QED) is 0.867. The summed E-state index contributed by atoms with van der Waals surface area (Å²) in [6.45, 7) is 2.29. The third-order valence-electron chi connectivity index (χ3n) is 4.55. The Hall–Kier alpha value is -0.960. The standard InChI is InChI=1S/C16H23F2N/c1-16(6-4-3-5-7-16)15(19-2)10-12-8-13(17)11-14(18)9-12/h8-9,11,15,19H,3-7,10H2,1-2H3. The lowest BCUT2D eigenvalue weighted by Gasteiger charge is -2.41. The second-order valence-electron chi connectivity index (χ2n) is 6.04. The zero-order valence-electron chi connectivity index (χ0n) is 11.8. The van der Waals surface area contributed by atoms with Crippen molar-refractivity contribution in [3.05, 3.63) is 35.4 Å². The largest absolute Gasteiger partial charge is 0.316 e. The van der Waals surface area contributed by atoms with E-state index in [2.05, 4.69) is 12.2 Å². The van der Waals surface area contributed by atoms with Crippen LogP contribution in [0.3, 0.4) is 0 Å². The molecule has 0 spiro atoms. The molecule has 0 amide bonds. The molecule has 1 N–H and O–H groups in total. The lowest BCUT2D eigenvalue weighted by Crippen LogP contribution is -2.44. The first kappa shape index (κ1) is 14.4. The first-order valence-electron chi connectivity index (χ1n) is 7.16. The van der Waals surface area contributed by atoms with E-state index < -0.39 is 11.6 Å². The van der Waals surface area contributed by atoms with Crippen LogP contribution in [0, 0.1) is 17.0 Å². The van der Waals surface area contributed by atoms with Gasteiger partial charge in [-0.2, -0.15) is 0 Å². The van der Waals surface area contributed by atoms with Gasteiger partial charge in [0.2, 0.25) is 0 Å². The molecule has 1 aliphatic carbocycles. The highest BCUT2D eigenvalue weighted by atomic mass is 19.1. The molecule has 19 heavy (non-hydrogen) atoms. The van der Waals surface area contributed by atoms with Gasteiger partial charge in [-0.25, -0.2) is 8.78 Å². The minimum Gasteiger partial charge on any atom is -0.316 e. The zero-order chi connectivity index (χ0) is 13.9. The van der Waals surface area contributed by atoms with E-state index in [-0.39, 0.29) is 11.5 Å². The Morgan fingerprint density at radius 3 is 2.21 bits per heavy atom. The third-order valence-corrected chi connectivity index (χ3v) is 4.55. The van der Waals surface area contributed by atoms with Crippen LogP contribution in [0.2, 0.25) is 0 Å². The number of nitrogens with one attached hydrogen (secondary N) is 1. The highest BCUT2D eigenvalue weighted by Crippen LogP contribution is 2.39. The topological polar surface area (TPSA) is 12.0 Å². The summed E-state index contributed by atoms with van der Waals surface area (Å²) in [5.74, 6) is -0.975. The van der Waals surface area contributed by atoms with Crippen LogP contribution in [0.15, 0.2) is 18.2 Å². The molecule has 0 aromatic heterocycles. The number of likely N-dealkylation sites (N-methyl/N-ethyl adjacent to an activating group) is 1. The van der Waals surface area contributed by atoms with Crippen LogP contribution in [0.25, 0.3) is 0 Å². The van der Waals surface area contributed by atoms with E-state index in [0.717, 1.165) is 11.6 Å². The molecule has 3 heteroatoms. The van der Waals surface area contributed by atoms with Crippen molar-refractivity contribution in [2.45, 2.75) is 51.5 Å². The van der Waals surface area contributed by atoms with E-state index in [0.29, 0.717) is 6.42 Å². The summed E-state index contributed by atoms with van der Waals surface area (Å²) >= 11 is 0. The molecule has 1 nitrogen and oxygen atoms in total. The van der Waals surface area contributed by atoms with Crippen LogP contribution < -0.4 is 5.32 Å². The zero-order valence-corrected chi connectivity index (χ0v) is 11.8. The van der Waals surface area contributed by atoms with Crippen molar-refractivity contribution in [3.63, 3.8) is 0 Å². The van der Waals surface area contributed by atoms with Crippen LogP contribution in [0.4, 0.5) is 8.78 Å². The summed E-state index contributed by atoms with van der Waals surface area (Å²) in [6.07, 6.45) is 6.88. The van der Waals surface area contributed by atoms with E-state index in [1.165, 1.54) is 44.2 Å².